The Morgan fingerprint density at radius 2 is 1.91 bits per heavy atom. The number of hydrogen-bond acceptors (Lipinski definition) is 3. The topological polar surface area (TPSA) is 64.7 Å². The lowest BCUT2D eigenvalue weighted by atomic mass is 9.85. The Morgan fingerprint density at radius 3 is 2.50 bits per heavy atom. The van der Waals surface area contributed by atoms with E-state index < -0.39 is 36.2 Å². The molecule has 0 aliphatic carbocycles. The van der Waals surface area contributed by atoms with Gasteiger partial charge in [-0.15, -0.1) is 0 Å². The standard InChI is InChI=1S/C21H27ClF4N4O2/c1-12-19(31)27-7-10-30(12)20(32)28-18(15-3-4-17(23)16(22)11-15)14-5-8-29(9-6-14)13(2)21(24,25)26/h3-4,11-14,18H,5-10H2,1-2H3,(H,27,31)(H,28,32)/t12-,13?,18?/m1/s1. The Labute approximate surface area is 189 Å². The first kappa shape index (κ1) is 24.6. The molecule has 1 aromatic carbocycles. The average molecular weight is 479 g/mol. The van der Waals surface area contributed by atoms with Crippen LogP contribution in [0.15, 0.2) is 18.2 Å². The normalized spacial score (nSPS) is 22.9. The van der Waals surface area contributed by atoms with E-state index in [1.54, 1.807) is 6.92 Å². The first-order valence-electron chi connectivity index (χ1n) is 10.6. The lowest BCUT2D eigenvalue weighted by Gasteiger charge is -2.40. The Bertz CT molecular complexity index is 846. The van der Waals surface area contributed by atoms with Crippen molar-refractivity contribution in [3.63, 3.8) is 0 Å². The van der Waals surface area contributed by atoms with Crippen LogP contribution in [-0.4, -0.2) is 66.2 Å². The van der Waals surface area contributed by atoms with E-state index in [9.17, 15) is 27.2 Å². The fourth-order valence-corrected chi connectivity index (χ4v) is 4.49. The molecule has 2 aliphatic heterocycles. The molecule has 3 amide bonds. The van der Waals surface area contributed by atoms with Gasteiger partial charge in [0.25, 0.3) is 0 Å². The summed E-state index contributed by atoms with van der Waals surface area (Å²) in [4.78, 5) is 27.7. The second-order valence-corrected chi connectivity index (χ2v) is 8.76. The highest BCUT2D eigenvalue weighted by Gasteiger charge is 2.42. The predicted octanol–water partition coefficient (Wildman–Crippen LogP) is 3.71. The van der Waals surface area contributed by atoms with E-state index in [4.69, 9.17) is 11.6 Å². The van der Waals surface area contributed by atoms with Crippen molar-refractivity contribution in [1.29, 1.82) is 0 Å². The van der Waals surface area contributed by atoms with Gasteiger partial charge in [-0.25, -0.2) is 9.18 Å². The van der Waals surface area contributed by atoms with Gasteiger partial charge in [-0.05, 0) is 63.4 Å². The maximum absolute atomic E-state index is 13.7. The Kier molecular flexibility index (Phi) is 7.54. The van der Waals surface area contributed by atoms with Crippen LogP contribution < -0.4 is 10.6 Å². The van der Waals surface area contributed by atoms with Crippen LogP contribution in [0.4, 0.5) is 22.4 Å². The number of carbonyl (C=O) groups excluding carboxylic acids is 2. The Balaban J connectivity index is 1.78. The van der Waals surface area contributed by atoms with Crippen molar-refractivity contribution in [2.45, 2.75) is 51.0 Å². The lowest BCUT2D eigenvalue weighted by Crippen LogP contribution is -2.59. The summed E-state index contributed by atoms with van der Waals surface area (Å²) in [5.41, 5.74) is 0.571. The first-order valence-corrected chi connectivity index (χ1v) is 11.0. The van der Waals surface area contributed by atoms with E-state index in [-0.39, 0.29) is 29.9 Å². The molecule has 0 saturated carbocycles. The van der Waals surface area contributed by atoms with Crippen molar-refractivity contribution < 1.29 is 27.2 Å². The summed E-state index contributed by atoms with van der Waals surface area (Å²) < 4.78 is 53.0. The molecule has 2 unspecified atom stereocenters. The molecule has 2 heterocycles. The average Bonchev–Trinajstić information content (AvgIpc) is 2.75. The van der Waals surface area contributed by atoms with Gasteiger partial charge in [0.05, 0.1) is 11.1 Å². The van der Waals surface area contributed by atoms with Gasteiger partial charge in [0.2, 0.25) is 5.91 Å². The number of hydrogen-bond donors (Lipinski definition) is 2. The number of carbonyl (C=O) groups is 2. The minimum atomic E-state index is -4.31. The highest BCUT2D eigenvalue weighted by Crippen LogP contribution is 2.35. The quantitative estimate of drug-likeness (QED) is 0.648. The fourth-order valence-electron chi connectivity index (χ4n) is 4.30. The monoisotopic (exact) mass is 478 g/mol. The van der Waals surface area contributed by atoms with Gasteiger partial charge in [-0.2, -0.15) is 13.2 Å². The van der Waals surface area contributed by atoms with Crippen molar-refractivity contribution in [3.8, 4) is 0 Å². The second-order valence-electron chi connectivity index (χ2n) is 8.35. The van der Waals surface area contributed by atoms with E-state index in [1.165, 1.54) is 28.0 Å². The number of alkyl halides is 3. The summed E-state index contributed by atoms with van der Waals surface area (Å²) >= 11 is 5.95. The molecule has 0 bridgehead atoms. The third-order valence-corrected chi connectivity index (χ3v) is 6.70. The van der Waals surface area contributed by atoms with E-state index in [2.05, 4.69) is 10.6 Å². The van der Waals surface area contributed by atoms with Crippen LogP contribution in [-0.2, 0) is 4.79 Å². The minimum absolute atomic E-state index is 0.101. The van der Waals surface area contributed by atoms with Gasteiger partial charge in [-0.1, -0.05) is 17.7 Å². The van der Waals surface area contributed by atoms with E-state index in [1.807, 2.05) is 0 Å². The molecule has 11 heteroatoms. The molecule has 2 N–H and O–H groups in total. The Hall–Kier alpha value is -2.07. The molecule has 0 radical (unpaired) electrons. The largest absolute Gasteiger partial charge is 0.403 e. The SMILES string of the molecule is CC(N1CCC(C(NC(=O)N2CCNC(=O)[C@H]2C)c2ccc(F)c(Cl)c2)CC1)C(F)(F)F. The summed E-state index contributed by atoms with van der Waals surface area (Å²) in [6, 6.07) is 0.904. The van der Waals surface area contributed by atoms with Gasteiger partial charge in [0.15, 0.2) is 0 Å². The number of urea groups is 1. The number of nitrogens with one attached hydrogen (secondary N) is 2. The van der Waals surface area contributed by atoms with Gasteiger partial charge in [0.1, 0.15) is 17.9 Å². The highest BCUT2D eigenvalue weighted by atomic mass is 35.5. The minimum Gasteiger partial charge on any atom is -0.353 e. The van der Waals surface area contributed by atoms with Gasteiger partial charge >= 0.3 is 12.2 Å². The number of benzene rings is 1. The molecule has 2 saturated heterocycles. The molecule has 32 heavy (non-hydrogen) atoms. The molecule has 2 fully saturated rings. The van der Waals surface area contributed by atoms with Crippen LogP contribution in [0, 0.1) is 11.7 Å². The van der Waals surface area contributed by atoms with Crippen LogP contribution in [0.2, 0.25) is 5.02 Å². The van der Waals surface area contributed by atoms with Crippen molar-refractivity contribution >= 4 is 23.5 Å². The first-order chi connectivity index (χ1) is 15.0. The molecule has 3 atom stereocenters. The lowest BCUT2D eigenvalue weighted by molar-refractivity contribution is -0.182. The molecular formula is C21H27ClF4N4O2. The fraction of sp³-hybridized carbons (Fsp3) is 0.619. The number of rotatable bonds is 4. The summed E-state index contributed by atoms with van der Waals surface area (Å²) in [5.74, 6) is -1.04. The molecule has 1 aromatic rings. The second kappa shape index (κ2) is 9.82. The number of amides is 3. The van der Waals surface area contributed by atoms with Gasteiger partial charge < -0.3 is 15.5 Å². The zero-order valence-corrected chi connectivity index (χ0v) is 18.6. The van der Waals surface area contributed by atoms with E-state index in [0.29, 0.717) is 31.5 Å². The van der Waals surface area contributed by atoms with Gasteiger partial charge in [-0.3, -0.25) is 9.69 Å². The third-order valence-electron chi connectivity index (χ3n) is 6.41. The highest BCUT2D eigenvalue weighted by molar-refractivity contribution is 6.30. The number of likely N-dealkylation sites (tertiary alicyclic amines) is 1. The van der Waals surface area contributed by atoms with Crippen molar-refractivity contribution in [2.24, 2.45) is 5.92 Å². The zero-order valence-electron chi connectivity index (χ0n) is 17.9. The number of nitrogens with zero attached hydrogens (tertiary/aromatic N) is 2. The number of piperazine rings is 1. The molecule has 3 rings (SSSR count). The molecule has 0 spiro atoms. The molecule has 0 aromatic heterocycles. The zero-order chi connectivity index (χ0) is 23.6. The maximum Gasteiger partial charge on any atom is 0.403 e. The Morgan fingerprint density at radius 1 is 1.25 bits per heavy atom. The summed E-state index contributed by atoms with van der Waals surface area (Å²) in [7, 11) is 0. The van der Waals surface area contributed by atoms with Crippen LogP contribution in [0.1, 0.15) is 38.3 Å². The van der Waals surface area contributed by atoms with Crippen molar-refractivity contribution in [3.05, 3.63) is 34.6 Å². The smallest absolute Gasteiger partial charge is 0.353 e. The predicted molar refractivity (Wildman–Crippen MR) is 112 cm³/mol. The molecular weight excluding hydrogens is 452 g/mol. The summed E-state index contributed by atoms with van der Waals surface area (Å²) in [6.45, 7) is 3.86. The van der Waals surface area contributed by atoms with Crippen LogP contribution in [0.3, 0.4) is 0 Å². The molecule has 6 nitrogen and oxygen atoms in total. The van der Waals surface area contributed by atoms with Crippen LogP contribution in [0.25, 0.3) is 0 Å². The molecule has 178 valence electrons. The number of piperidine rings is 1. The van der Waals surface area contributed by atoms with Crippen LogP contribution >= 0.6 is 11.6 Å². The van der Waals surface area contributed by atoms with Crippen molar-refractivity contribution in [2.75, 3.05) is 26.2 Å². The molecule has 2 aliphatic rings. The van der Waals surface area contributed by atoms with Crippen LogP contribution in [0.5, 0.6) is 0 Å². The van der Waals surface area contributed by atoms with E-state index in [0.717, 1.165) is 6.92 Å². The maximum atomic E-state index is 13.7. The van der Waals surface area contributed by atoms with Gasteiger partial charge in [0, 0.05) is 13.1 Å². The van der Waals surface area contributed by atoms with Crippen molar-refractivity contribution in [1.82, 2.24) is 20.4 Å². The number of halogens is 5. The van der Waals surface area contributed by atoms with E-state index >= 15 is 0 Å². The summed E-state index contributed by atoms with van der Waals surface area (Å²) in [5, 5.41) is 5.52. The third kappa shape index (κ3) is 5.46. The summed E-state index contributed by atoms with van der Waals surface area (Å²) in [6.07, 6.45) is -3.48.